The minimum atomic E-state index is 0.0548. The molecule has 0 radical (unpaired) electrons. The summed E-state index contributed by atoms with van der Waals surface area (Å²) in [5.41, 5.74) is 2.20. The van der Waals surface area contributed by atoms with Gasteiger partial charge in [-0.2, -0.15) is 0 Å². The van der Waals surface area contributed by atoms with Gasteiger partial charge in [0.15, 0.2) is 5.11 Å². The number of thiophene rings is 1. The first-order valence-electron chi connectivity index (χ1n) is 7.73. The topological polar surface area (TPSA) is 41.1 Å². The molecule has 4 rings (SSSR count). The third kappa shape index (κ3) is 2.90. The van der Waals surface area contributed by atoms with Crippen LogP contribution in [0.25, 0.3) is 0 Å². The molecule has 0 bridgehead atoms. The molecule has 1 aliphatic heterocycles. The van der Waals surface area contributed by atoms with Crippen LogP contribution in [0.5, 0.6) is 0 Å². The molecule has 1 N–H and O–H groups in total. The highest BCUT2D eigenvalue weighted by molar-refractivity contribution is 7.80. The first-order valence-corrected chi connectivity index (χ1v) is 9.02. The normalized spacial score (nSPS) is 20.2. The van der Waals surface area contributed by atoms with Crippen molar-refractivity contribution < 1.29 is 0 Å². The molecule has 4 nitrogen and oxygen atoms in total. The maximum absolute atomic E-state index is 5.64. The van der Waals surface area contributed by atoms with Gasteiger partial charge in [0.05, 0.1) is 17.8 Å². The minimum Gasteiger partial charge on any atom is -0.352 e. The Morgan fingerprint density at radius 1 is 1.08 bits per heavy atom. The van der Waals surface area contributed by atoms with Crippen LogP contribution in [0.4, 0.5) is 0 Å². The molecule has 4 heterocycles. The number of thiocarbonyl (C=S) groups is 1. The van der Waals surface area contributed by atoms with Crippen LogP contribution in [0.3, 0.4) is 0 Å². The van der Waals surface area contributed by atoms with Crippen LogP contribution >= 0.6 is 23.6 Å². The summed E-state index contributed by atoms with van der Waals surface area (Å²) in [6, 6.07) is 14.5. The highest BCUT2D eigenvalue weighted by atomic mass is 32.1. The zero-order valence-corrected chi connectivity index (χ0v) is 14.5. The zero-order chi connectivity index (χ0) is 16.4. The predicted octanol–water partition coefficient (Wildman–Crippen LogP) is 3.71. The van der Waals surface area contributed by atoms with Gasteiger partial charge in [-0.15, -0.1) is 11.3 Å². The molecule has 6 heteroatoms. The van der Waals surface area contributed by atoms with Crippen molar-refractivity contribution in [1.29, 1.82) is 0 Å². The van der Waals surface area contributed by atoms with E-state index in [9.17, 15) is 0 Å². The number of nitrogens with zero attached hydrogens (tertiary/aromatic N) is 3. The van der Waals surface area contributed by atoms with Crippen molar-refractivity contribution in [2.45, 2.75) is 18.6 Å². The number of hydrogen-bond acceptors (Lipinski definition) is 4. The van der Waals surface area contributed by atoms with Gasteiger partial charge in [0, 0.05) is 30.0 Å². The van der Waals surface area contributed by atoms with E-state index in [0.717, 1.165) is 17.4 Å². The average molecular weight is 352 g/mol. The van der Waals surface area contributed by atoms with E-state index in [1.807, 2.05) is 42.9 Å². The quantitative estimate of drug-likeness (QED) is 0.725. The van der Waals surface area contributed by atoms with E-state index in [4.69, 9.17) is 12.2 Å². The molecule has 1 saturated heterocycles. The van der Waals surface area contributed by atoms with Gasteiger partial charge in [0.25, 0.3) is 0 Å². The Balaban J connectivity index is 1.71. The second-order valence-electron chi connectivity index (χ2n) is 5.63. The summed E-state index contributed by atoms with van der Waals surface area (Å²) < 4.78 is 0. The van der Waals surface area contributed by atoms with Crippen molar-refractivity contribution in [1.82, 2.24) is 20.2 Å². The molecule has 2 atom stereocenters. The molecule has 1 fully saturated rings. The summed E-state index contributed by atoms with van der Waals surface area (Å²) in [6.07, 6.45) is 5.47. The molecule has 0 aliphatic carbocycles. The molecule has 3 aromatic heterocycles. The Morgan fingerprint density at radius 2 is 1.96 bits per heavy atom. The van der Waals surface area contributed by atoms with Gasteiger partial charge in [-0.3, -0.25) is 9.97 Å². The SMILES string of the molecule is S=C1N[C@H](c2ccccn2)[C@H](c2cccs2)N1Cc1ccncc1. The van der Waals surface area contributed by atoms with Gasteiger partial charge in [-0.25, -0.2) is 0 Å². The summed E-state index contributed by atoms with van der Waals surface area (Å²) >= 11 is 7.40. The molecular formula is C18H16N4S2. The van der Waals surface area contributed by atoms with E-state index in [1.165, 1.54) is 10.4 Å². The van der Waals surface area contributed by atoms with Crippen LogP contribution in [-0.2, 0) is 6.54 Å². The molecular weight excluding hydrogens is 336 g/mol. The van der Waals surface area contributed by atoms with Gasteiger partial charge in [-0.05, 0) is 53.5 Å². The molecule has 0 spiro atoms. The molecule has 0 amide bonds. The van der Waals surface area contributed by atoms with Crippen LogP contribution in [-0.4, -0.2) is 20.0 Å². The first-order chi connectivity index (χ1) is 11.8. The Kier molecular flexibility index (Phi) is 4.23. The van der Waals surface area contributed by atoms with Crippen LogP contribution < -0.4 is 5.32 Å². The number of aromatic nitrogens is 2. The van der Waals surface area contributed by atoms with Gasteiger partial charge < -0.3 is 10.2 Å². The highest BCUT2D eigenvalue weighted by Crippen LogP contribution is 2.40. The molecule has 120 valence electrons. The van der Waals surface area contributed by atoms with Crippen molar-refractivity contribution in [2.24, 2.45) is 0 Å². The fourth-order valence-electron chi connectivity index (χ4n) is 3.03. The summed E-state index contributed by atoms with van der Waals surface area (Å²) in [6.45, 7) is 0.750. The molecule has 0 aromatic carbocycles. The molecule has 0 saturated carbocycles. The number of hydrogen-bond donors (Lipinski definition) is 1. The van der Waals surface area contributed by atoms with E-state index in [1.54, 1.807) is 11.3 Å². The highest BCUT2D eigenvalue weighted by Gasteiger charge is 2.40. The lowest BCUT2D eigenvalue weighted by molar-refractivity contribution is 0.315. The van der Waals surface area contributed by atoms with Gasteiger partial charge in [0.1, 0.15) is 0 Å². The maximum atomic E-state index is 5.64. The standard InChI is InChI=1S/C18H16N4S2/c23-18-21-16(14-4-1-2-8-20-14)17(15-5-3-11-24-15)22(18)12-13-6-9-19-10-7-13/h1-11,16-17H,12H2,(H,21,23)/t16-,17+/m1/s1. The van der Waals surface area contributed by atoms with Gasteiger partial charge >= 0.3 is 0 Å². The number of pyridine rings is 2. The summed E-state index contributed by atoms with van der Waals surface area (Å²) in [4.78, 5) is 12.2. The Labute approximate surface area is 150 Å². The van der Waals surface area contributed by atoms with E-state index in [2.05, 4.69) is 43.8 Å². The average Bonchev–Trinajstić information content (AvgIpc) is 3.25. The van der Waals surface area contributed by atoms with Gasteiger partial charge in [-0.1, -0.05) is 12.1 Å². The summed E-state index contributed by atoms with van der Waals surface area (Å²) in [7, 11) is 0. The number of rotatable bonds is 4. The van der Waals surface area contributed by atoms with Gasteiger partial charge in [0.2, 0.25) is 0 Å². The van der Waals surface area contributed by atoms with Crippen molar-refractivity contribution in [3.63, 3.8) is 0 Å². The van der Waals surface area contributed by atoms with Crippen LogP contribution in [0.1, 0.15) is 28.2 Å². The summed E-state index contributed by atoms with van der Waals surface area (Å²) in [5, 5.41) is 6.34. The Morgan fingerprint density at radius 3 is 2.67 bits per heavy atom. The molecule has 3 aromatic rings. The third-order valence-corrected chi connectivity index (χ3v) is 5.43. The van der Waals surface area contributed by atoms with Crippen molar-refractivity contribution in [3.05, 3.63) is 82.6 Å². The Bertz CT molecular complexity index is 806. The van der Waals surface area contributed by atoms with E-state index in [-0.39, 0.29) is 12.1 Å². The lowest BCUT2D eigenvalue weighted by Crippen LogP contribution is -2.28. The molecule has 1 aliphatic rings. The lowest BCUT2D eigenvalue weighted by Gasteiger charge is -2.26. The van der Waals surface area contributed by atoms with E-state index in [0.29, 0.717) is 0 Å². The number of nitrogens with one attached hydrogen (secondary N) is 1. The minimum absolute atomic E-state index is 0.0548. The van der Waals surface area contributed by atoms with Crippen LogP contribution in [0, 0.1) is 0 Å². The smallest absolute Gasteiger partial charge is 0.170 e. The Hall–Kier alpha value is -2.31. The largest absolute Gasteiger partial charge is 0.352 e. The second-order valence-corrected chi connectivity index (χ2v) is 6.99. The third-order valence-electron chi connectivity index (χ3n) is 4.13. The zero-order valence-electron chi connectivity index (χ0n) is 12.9. The van der Waals surface area contributed by atoms with Crippen LogP contribution in [0.2, 0.25) is 0 Å². The summed E-state index contributed by atoms with van der Waals surface area (Å²) in [5.74, 6) is 0. The van der Waals surface area contributed by atoms with Crippen molar-refractivity contribution in [2.75, 3.05) is 0 Å². The lowest BCUT2D eigenvalue weighted by atomic mass is 10.0. The fraction of sp³-hybridized carbons (Fsp3) is 0.167. The predicted molar refractivity (Wildman–Crippen MR) is 99.6 cm³/mol. The van der Waals surface area contributed by atoms with E-state index < -0.39 is 0 Å². The first kappa shape index (κ1) is 15.2. The maximum Gasteiger partial charge on any atom is 0.170 e. The second kappa shape index (κ2) is 6.67. The van der Waals surface area contributed by atoms with Crippen molar-refractivity contribution >= 4 is 28.7 Å². The van der Waals surface area contributed by atoms with Crippen LogP contribution in [0.15, 0.2) is 66.4 Å². The fourth-order valence-corrected chi connectivity index (χ4v) is 4.21. The van der Waals surface area contributed by atoms with Crippen molar-refractivity contribution in [3.8, 4) is 0 Å². The molecule has 24 heavy (non-hydrogen) atoms. The molecule has 0 unspecified atom stereocenters. The monoisotopic (exact) mass is 352 g/mol. The van der Waals surface area contributed by atoms with E-state index >= 15 is 0 Å².